The van der Waals surface area contributed by atoms with Crippen molar-refractivity contribution in [2.24, 2.45) is 5.92 Å². The molecule has 2 aliphatic carbocycles. The highest BCUT2D eigenvalue weighted by Crippen LogP contribution is 2.28. The molecule has 3 aliphatic rings. The molecular weight excluding hydrogens is 350 g/mol. The lowest BCUT2D eigenvalue weighted by atomic mass is 9.78. The van der Waals surface area contributed by atoms with Gasteiger partial charge in [0.25, 0.3) is 11.8 Å². The summed E-state index contributed by atoms with van der Waals surface area (Å²) in [6, 6.07) is 8.32. The average Bonchev–Trinajstić information content (AvgIpc) is 3.21. The van der Waals surface area contributed by atoms with E-state index in [4.69, 9.17) is 0 Å². The van der Waals surface area contributed by atoms with E-state index in [0.29, 0.717) is 23.8 Å². The second kappa shape index (κ2) is 9.08. The van der Waals surface area contributed by atoms with Crippen molar-refractivity contribution in [2.45, 2.75) is 76.3 Å². The summed E-state index contributed by atoms with van der Waals surface area (Å²) in [6.07, 6.45) is 12.3. The van der Waals surface area contributed by atoms with Gasteiger partial charge in [0.05, 0.1) is 23.8 Å². The van der Waals surface area contributed by atoms with E-state index in [1.807, 2.05) is 24.3 Å². The first-order valence-corrected chi connectivity index (χ1v) is 11.2. The Morgan fingerprint density at radius 1 is 0.929 bits per heavy atom. The molecule has 1 aromatic rings. The third kappa shape index (κ3) is 4.57. The molecule has 4 rings (SSSR count). The van der Waals surface area contributed by atoms with E-state index in [-0.39, 0.29) is 17.9 Å². The van der Waals surface area contributed by atoms with Gasteiger partial charge in [0.2, 0.25) is 0 Å². The minimum Gasteiger partial charge on any atom is -0.349 e. The Kier molecular flexibility index (Phi) is 6.30. The molecule has 3 atom stereocenters. The molecule has 2 amide bonds. The zero-order valence-corrected chi connectivity index (χ0v) is 16.8. The predicted molar refractivity (Wildman–Crippen MR) is 110 cm³/mol. The lowest BCUT2D eigenvalue weighted by Crippen LogP contribution is -3.18. The smallest absolute Gasteiger partial charge is 0.279 e. The van der Waals surface area contributed by atoms with Crippen molar-refractivity contribution in [2.75, 3.05) is 18.4 Å². The van der Waals surface area contributed by atoms with Gasteiger partial charge in [0, 0.05) is 12.0 Å². The van der Waals surface area contributed by atoms with Crippen molar-refractivity contribution >= 4 is 17.5 Å². The highest BCUT2D eigenvalue weighted by Gasteiger charge is 2.37. The number of piperidine rings is 1. The van der Waals surface area contributed by atoms with E-state index in [0.717, 1.165) is 25.3 Å². The minimum atomic E-state index is -0.0690. The van der Waals surface area contributed by atoms with Crippen molar-refractivity contribution in [3.05, 3.63) is 29.8 Å². The lowest BCUT2D eigenvalue weighted by Gasteiger charge is -2.40. The molecule has 1 aromatic carbocycles. The number of hydrogen-bond acceptors (Lipinski definition) is 2. The number of amides is 2. The molecule has 0 aromatic heterocycles. The summed E-state index contributed by atoms with van der Waals surface area (Å²) in [4.78, 5) is 27.0. The Morgan fingerprint density at radius 2 is 1.64 bits per heavy atom. The molecule has 0 bridgehead atoms. The van der Waals surface area contributed by atoms with Crippen LogP contribution in [0.15, 0.2) is 24.3 Å². The van der Waals surface area contributed by atoms with E-state index in [2.05, 4.69) is 10.6 Å². The number of rotatable bonds is 5. The van der Waals surface area contributed by atoms with Crippen molar-refractivity contribution < 1.29 is 14.5 Å². The summed E-state index contributed by atoms with van der Waals surface area (Å²) in [5, 5.41) is 6.17. The Balaban J connectivity index is 1.38. The van der Waals surface area contributed by atoms with Gasteiger partial charge in [0.1, 0.15) is 0 Å². The van der Waals surface area contributed by atoms with Crippen LogP contribution in [0.25, 0.3) is 0 Å². The number of hydrogen-bond donors (Lipinski definition) is 3. The Morgan fingerprint density at radius 3 is 2.50 bits per heavy atom. The number of likely N-dealkylation sites (tertiary alicyclic amines) is 1. The quantitative estimate of drug-likeness (QED) is 0.731. The van der Waals surface area contributed by atoms with Crippen molar-refractivity contribution in [1.29, 1.82) is 0 Å². The van der Waals surface area contributed by atoms with Gasteiger partial charge in [-0.15, -0.1) is 0 Å². The summed E-state index contributed by atoms with van der Waals surface area (Å²) in [5.74, 6) is 0.762. The summed E-state index contributed by atoms with van der Waals surface area (Å²) in [6.45, 7) is 1.61. The van der Waals surface area contributed by atoms with Crippen LogP contribution < -0.4 is 15.5 Å². The molecule has 0 radical (unpaired) electrons. The lowest BCUT2D eigenvalue weighted by molar-refractivity contribution is -0.928. The van der Waals surface area contributed by atoms with Gasteiger partial charge in [-0.2, -0.15) is 0 Å². The number of para-hydroxylation sites is 1. The van der Waals surface area contributed by atoms with Crippen molar-refractivity contribution in [3.63, 3.8) is 0 Å². The first-order chi connectivity index (χ1) is 13.7. The molecule has 1 saturated heterocycles. The monoisotopic (exact) mass is 384 g/mol. The molecule has 3 N–H and O–H groups in total. The summed E-state index contributed by atoms with van der Waals surface area (Å²) in [7, 11) is 0. The summed E-state index contributed by atoms with van der Waals surface area (Å²) >= 11 is 0. The van der Waals surface area contributed by atoms with Crippen LogP contribution in [-0.4, -0.2) is 37.0 Å². The fourth-order valence-corrected chi connectivity index (χ4v) is 5.61. The van der Waals surface area contributed by atoms with Gasteiger partial charge in [0.15, 0.2) is 6.54 Å². The van der Waals surface area contributed by atoms with Crippen LogP contribution in [0.5, 0.6) is 0 Å². The van der Waals surface area contributed by atoms with Crippen molar-refractivity contribution in [1.82, 2.24) is 5.32 Å². The van der Waals surface area contributed by atoms with E-state index in [1.54, 1.807) is 0 Å². The van der Waals surface area contributed by atoms with Gasteiger partial charge in [-0.25, -0.2) is 0 Å². The van der Waals surface area contributed by atoms with Crippen LogP contribution in [0.4, 0.5) is 5.69 Å². The average molecular weight is 385 g/mol. The van der Waals surface area contributed by atoms with E-state index < -0.39 is 0 Å². The van der Waals surface area contributed by atoms with E-state index >= 15 is 0 Å². The van der Waals surface area contributed by atoms with Gasteiger partial charge in [-0.05, 0) is 57.1 Å². The first-order valence-electron chi connectivity index (χ1n) is 11.2. The van der Waals surface area contributed by atoms with Gasteiger partial charge >= 0.3 is 0 Å². The third-order valence-corrected chi connectivity index (χ3v) is 7.03. The molecule has 28 heavy (non-hydrogen) atoms. The SMILES string of the molecule is O=C(C[NH+]1CCC[C@@H]2CCCC[C@@H]21)Nc1ccccc1C(=O)NC1CCCC1. The second-order valence-electron chi connectivity index (χ2n) is 8.93. The molecule has 5 nitrogen and oxygen atoms in total. The highest BCUT2D eigenvalue weighted by molar-refractivity contribution is 6.04. The Bertz CT molecular complexity index is 697. The number of fused-ring (bicyclic) bond motifs is 1. The van der Waals surface area contributed by atoms with E-state index in [1.165, 1.54) is 56.3 Å². The van der Waals surface area contributed by atoms with Crippen LogP contribution in [0, 0.1) is 5.92 Å². The molecule has 3 fully saturated rings. The molecule has 1 unspecified atom stereocenters. The zero-order chi connectivity index (χ0) is 19.3. The summed E-state index contributed by atoms with van der Waals surface area (Å²) < 4.78 is 0. The molecular formula is C23H34N3O2+. The maximum absolute atomic E-state index is 12.8. The Hall–Kier alpha value is -1.88. The minimum absolute atomic E-state index is 0.0299. The molecule has 0 spiro atoms. The van der Waals surface area contributed by atoms with Crippen LogP contribution in [0.1, 0.15) is 74.6 Å². The van der Waals surface area contributed by atoms with Crippen LogP contribution in [-0.2, 0) is 4.79 Å². The largest absolute Gasteiger partial charge is 0.349 e. The van der Waals surface area contributed by atoms with E-state index in [9.17, 15) is 9.59 Å². The van der Waals surface area contributed by atoms with Gasteiger partial charge in [-0.3, -0.25) is 9.59 Å². The summed E-state index contributed by atoms with van der Waals surface area (Å²) in [5.41, 5.74) is 1.21. The number of nitrogens with one attached hydrogen (secondary N) is 3. The number of carbonyl (C=O) groups is 2. The topological polar surface area (TPSA) is 62.6 Å². The zero-order valence-electron chi connectivity index (χ0n) is 16.8. The normalized spacial score (nSPS) is 27.8. The second-order valence-corrected chi connectivity index (χ2v) is 8.93. The number of anilines is 1. The van der Waals surface area contributed by atoms with Crippen molar-refractivity contribution in [3.8, 4) is 0 Å². The van der Waals surface area contributed by atoms with Crippen LogP contribution in [0.3, 0.4) is 0 Å². The Labute approximate surface area is 168 Å². The number of quaternary nitrogens is 1. The maximum Gasteiger partial charge on any atom is 0.279 e. The molecule has 152 valence electrons. The van der Waals surface area contributed by atoms with Gasteiger partial charge in [-0.1, -0.05) is 31.4 Å². The molecule has 2 saturated carbocycles. The van der Waals surface area contributed by atoms with Crippen LogP contribution in [0.2, 0.25) is 0 Å². The molecule has 5 heteroatoms. The fraction of sp³-hybridized carbons (Fsp3) is 0.652. The highest BCUT2D eigenvalue weighted by atomic mass is 16.2. The van der Waals surface area contributed by atoms with Crippen LogP contribution >= 0.6 is 0 Å². The number of benzene rings is 1. The standard InChI is InChI=1S/C23H33N3O2/c27-22(16-26-15-7-9-17-8-1-6-14-21(17)26)25-20-13-5-4-12-19(20)23(28)24-18-10-2-3-11-18/h4-5,12-13,17-18,21H,1-3,6-11,14-16H2,(H,24,28)(H,25,27)/p+1/t17-,21-/m0/s1. The molecule has 1 aliphatic heterocycles. The number of carbonyl (C=O) groups excluding carboxylic acids is 2. The fourth-order valence-electron chi connectivity index (χ4n) is 5.61. The first kappa shape index (κ1) is 19.4. The third-order valence-electron chi connectivity index (χ3n) is 7.03. The van der Waals surface area contributed by atoms with Gasteiger partial charge < -0.3 is 15.5 Å². The molecule has 1 heterocycles. The predicted octanol–water partition coefficient (Wildman–Crippen LogP) is 2.53. The maximum atomic E-state index is 12.8.